The zero-order valence-corrected chi connectivity index (χ0v) is 16.3. The van der Waals surface area contributed by atoms with Gasteiger partial charge in [-0.15, -0.1) is 11.3 Å². The third-order valence-corrected chi connectivity index (χ3v) is 6.25. The Morgan fingerprint density at radius 2 is 1.88 bits per heavy atom. The molecule has 1 saturated heterocycles. The van der Waals surface area contributed by atoms with Gasteiger partial charge in [0.15, 0.2) is 5.78 Å². The summed E-state index contributed by atoms with van der Waals surface area (Å²) >= 11 is 1.30. The van der Waals surface area contributed by atoms with Gasteiger partial charge >= 0.3 is 0 Å². The van der Waals surface area contributed by atoms with Gasteiger partial charge in [-0.25, -0.2) is 0 Å². The molecule has 5 heteroatoms. The first-order chi connectivity index (χ1) is 12.5. The Balaban J connectivity index is 1.57. The van der Waals surface area contributed by atoms with E-state index in [-0.39, 0.29) is 17.7 Å². The molecule has 2 heterocycles. The molecule has 1 fully saturated rings. The number of thiophene rings is 1. The Hall–Kier alpha value is -1.98. The molecule has 0 aliphatic carbocycles. The number of benzene rings is 1. The molecule has 1 aromatic carbocycles. The van der Waals surface area contributed by atoms with Crippen LogP contribution >= 0.6 is 11.3 Å². The number of likely N-dealkylation sites (tertiary alicyclic amines) is 1. The highest BCUT2D eigenvalue weighted by Gasteiger charge is 2.27. The number of ketones is 1. The third kappa shape index (κ3) is 4.59. The fourth-order valence-corrected chi connectivity index (χ4v) is 4.35. The number of hydrogen-bond acceptors (Lipinski definition) is 4. The van der Waals surface area contributed by atoms with E-state index in [1.807, 2.05) is 18.0 Å². The fraction of sp³-hybridized carbons (Fsp3) is 0.429. The van der Waals surface area contributed by atoms with E-state index in [9.17, 15) is 9.59 Å². The van der Waals surface area contributed by atoms with Gasteiger partial charge in [0.05, 0.1) is 9.75 Å². The van der Waals surface area contributed by atoms with E-state index in [2.05, 4.69) is 29.2 Å². The van der Waals surface area contributed by atoms with Crippen LogP contribution in [0.2, 0.25) is 0 Å². The van der Waals surface area contributed by atoms with E-state index in [0.29, 0.717) is 9.75 Å². The molecule has 0 bridgehead atoms. The SMILES string of the molecule is CC(=O)c1ccc(C(=O)N(C)C2CCCN(CCc3ccccc3)C2)s1. The van der Waals surface area contributed by atoms with Gasteiger partial charge in [0, 0.05) is 26.2 Å². The van der Waals surface area contributed by atoms with Crippen molar-refractivity contribution in [3.63, 3.8) is 0 Å². The lowest BCUT2D eigenvalue weighted by molar-refractivity contribution is 0.0624. The molecule has 0 spiro atoms. The number of rotatable bonds is 6. The molecule has 4 nitrogen and oxygen atoms in total. The Morgan fingerprint density at radius 3 is 2.58 bits per heavy atom. The van der Waals surface area contributed by atoms with E-state index < -0.39 is 0 Å². The van der Waals surface area contributed by atoms with Crippen molar-refractivity contribution < 1.29 is 9.59 Å². The van der Waals surface area contributed by atoms with Crippen molar-refractivity contribution in [2.75, 3.05) is 26.7 Å². The monoisotopic (exact) mass is 370 g/mol. The van der Waals surface area contributed by atoms with E-state index >= 15 is 0 Å². The van der Waals surface area contributed by atoms with Crippen LogP contribution in [0.1, 0.15) is 44.7 Å². The average molecular weight is 371 g/mol. The van der Waals surface area contributed by atoms with Gasteiger partial charge in [0.1, 0.15) is 0 Å². The summed E-state index contributed by atoms with van der Waals surface area (Å²) in [7, 11) is 1.89. The van der Waals surface area contributed by atoms with Crippen LogP contribution in [0.5, 0.6) is 0 Å². The highest BCUT2D eigenvalue weighted by molar-refractivity contribution is 7.15. The molecule has 1 atom stereocenters. The number of carbonyl (C=O) groups excluding carboxylic acids is 2. The van der Waals surface area contributed by atoms with Gasteiger partial charge in [-0.1, -0.05) is 30.3 Å². The first kappa shape index (κ1) is 18.8. The predicted octanol–water partition coefficient (Wildman–Crippen LogP) is 3.73. The summed E-state index contributed by atoms with van der Waals surface area (Å²) in [6.07, 6.45) is 3.19. The smallest absolute Gasteiger partial charge is 0.263 e. The average Bonchev–Trinajstić information content (AvgIpc) is 3.17. The van der Waals surface area contributed by atoms with Crippen LogP contribution in [-0.2, 0) is 6.42 Å². The van der Waals surface area contributed by atoms with Crippen LogP contribution in [-0.4, -0.2) is 54.2 Å². The molecule has 1 aromatic heterocycles. The number of likely N-dealkylation sites (N-methyl/N-ethyl adjacent to an activating group) is 1. The van der Waals surface area contributed by atoms with Gasteiger partial charge in [-0.2, -0.15) is 0 Å². The van der Waals surface area contributed by atoms with Crippen LogP contribution in [0, 0.1) is 0 Å². The second-order valence-corrected chi connectivity index (χ2v) is 8.05. The van der Waals surface area contributed by atoms with E-state index in [0.717, 1.165) is 38.9 Å². The van der Waals surface area contributed by atoms with Crippen LogP contribution in [0.25, 0.3) is 0 Å². The molecule has 138 valence electrons. The van der Waals surface area contributed by atoms with Crippen LogP contribution in [0.4, 0.5) is 0 Å². The molecular formula is C21H26N2O2S. The minimum atomic E-state index is 0.0152. The number of Topliss-reactive ketones (excluding diaryl/α,β-unsaturated/α-hetero) is 1. The van der Waals surface area contributed by atoms with Crippen molar-refractivity contribution in [1.29, 1.82) is 0 Å². The van der Waals surface area contributed by atoms with Crippen molar-refractivity contribution in [2.45, 2.75) is 32.2 Å². The number of piperidine rings is 1. The Labute approximate surface area is 159 Å². The highest BCUT2D eigenvalue weighted by Crippen LogP contribution is 2.22. The molecule has 0 saturated carbocycles. The van der Waals surface area contributed by atoms with Gasteiger partial charge in [-0.05, 0) is 50.4 Å². The maximum atomic E-state index is 12.8. The van der Waals surface area contributed by atoms with Crippen molar-refractivity contribution in [1.82, 2.24) is 9.80 Å². The van der Waals surface area contributed by atoms with Crippen LogP contribution in [0.15, 0.2) is 42.5 Å². The van der Waals surface area contributed by atoms with Crippen molar-refractivity contribution in [3.8, 4) is 0 Å². The molecule has 0 N–H and O–H groups in total. The summed E-state index contributed by atoms with van der Waals surface area (Å²) in [6, 6.07) is 14.3. The molecule has 1 aliphatic rings. The summed E-state index contributed by atoms with van der Waals surface area (Å²) in [6.45, 7) is 4.57. The second-order valence-electron chi connectivity index (χ2n) is 6.97. The topological polar surface area (TPSA) is 40.6 Å². The largest absolute Gasteiger partial charge is 0.337 e. The summed E-state index contributed by atoms with van der Waals surface area (Å²) in [5.41, 5.74) is 1.36. The van der Waals surface area contributed by atoms with Gasteiger partial charge in [0.2, 0.25) is 0 Å². The normalized spacial score (nSPS) is 17.8. The summed E-state index contributed by atoms with van der Waals surface area (Å²) < 4.78 is 0. The molecular weight excluding hydrogens is 344 g/mol. The maximum Gasteiger partial charge on any atom is 0.263 e. The first-order valence-electron chi connectivity index (χ1n) is 9.19. The molecule has 3 rings (SSSR count). The standard InChI is InChI=1S/C21H26N2O2S/c1-16(24)19-10-11-20(26-19)21(25)22(2)18-9-6-13-23(15-18)14-12-17-7-4-3-5-8-17/h3-5,7-8,10-11,18H,6,9,12-15H2,1-2H3. The third-order valence-electron chi connectivity index (χ3n) is 5.07. The van der Waals surface area contributed by atoms with Crippen molar-refractivity contribution in [2.24, 2.45) is 0 Å². The highest BCUT2D eigenvalue weighted by atomic mass is 32.1. The first-order valence-corrected chi connectivity index (χ1v) is 10.0. The molecule has 0 radical (unpaired) electrons. The maximum absolute atomic E-state index is 12.8. The van der Waals surface area contributed by atoms with Crippen LogP contribution < -0.4 is 0 Å². The van der Waals surface area contributed by atoms with E-state index in [1.165, 1.54) is 23.8 Å². The van der Waals surface area contributed by atoms with E-state index in [1.54, 1.807) is 12.1 Å². The zero-order chi connectivity index (χ0) is 18.5. The number of nitrogens with zero attached hydrogens (tertiary/aromatic N) is 2. The summed E-state index contributed by atoms with van der Waals surface area (Å²) in [5, 5.41) is 0. The Morgan fingerprint density at radius 1 is 1.15 bits per heavy atom. The van der Waals surface area contributed by atoms with Gasteiger partial charge in [-0.3, -0.25) is 9.59 Å². The van der Waals surface area contributed by atoms with Crippen molar-refractivity contribution in [3.05, 3.63) is 57.8 Å². The Kier molecular flexibility index (Phi) is 6.22. The fourth-order valence-electron chi connectivity index (χ4n) is 3.46. The minimum absolute atomic E-state index is 0.0152. The molecule has 1 aliphatic heterocycles. The van der Waals surface area contributed by atoms with Crippen LogP contribution in [0.3, 0.4) is 0 Å². The molecule has 2 aromatic rings. The minimum Gasteiger partial charge on any atom is -0.337 e. The summed E-state index contributed by atoms with van der Waals surface area (Å²) in [5.74, 6) is 0.0406. The molecule has 1 amide bonds. The number of carbonyl (C=O) groups is 2. The number of amides is 1. The van der Waals surface area contributed by atoms with Gasteiger partial charge < -0.3 is 9.80 Å². The lowest BCUT2D eigenvalue weighted by Gasteiger charge is -2.37. The summed E-state index contributed by atoms with van der Waals surface area (Å²) in [4.78, 5) is 29.9. The lowest BCUT2D eigenvalue weighted by Crippen LogP contribution is -2.48. The van der Waals surface area contributed by atoms with Gasteiger partial charge in [0.25, 0.3) is 5.91 Å². The van der Waals surface area contributed by atoms with Crippen molar-refractivity contribution >= 4 is 23.0 Å². The van der Waals surface area contributed by atoms with E-state index in [4.69, 9.17) is 0 Å². The predicted molar refractivity (Wildman–Crippen MR) is 106 cm³/mol. The Bertz CT molecular complexity index is 756. The zero-order valence-electron chi connectivity index (χ0n) is 15.5. The number of hydrogen-bond donors (Lipinski definition) is 0. The second kappa shape index (κ2) is 8.60. The molecule has 1 unspecified atom stereocenters. The molecule has 26 heavy (non-hydrogen) atoms. The lowest BCUT2D eigenvalue weighted by atomic mass is 10.0. The quantitative estimate of drug-likeness (QED) is 0.728.